The first-order valence-corrected chi connectivity index (χ1v) is 6.75. The van der Waals surface area contributed by atoms with Gasteiger partial charge in [0.15, 0.2) is 12.4 Å². The van der Waals surface area contributed by atoms with Gasteiger partial charge in [0.05, 0.1) is 5.56 Å². The molecule has 0 aliphatic heterocycles. The van der Waals surface area contributed by atoms with Crippen molar-refractivity contribution in [3.8, 4) is 0 Å². The van der Waals surface area contributed by atoms with Crippen molar-refractivity contribution in [3.63, 3.8) is 0 Å². The molecular formula is C14H20N2O2. The third-order valence-corrected chi connectivity index (χ3v) is 3.50. The van der Waals surface area contributed by atoms with Crippen LogP contribution < -0.4 is 10.0 Å². The molecule has 1 heterocycles. The van der Waals surface area contributed by atoms with Crippen LogP contribution in [0.4, 0.5) is 0 Å². The van der Waals surface area contributed by atoms with Crippen molar-refractivity contribution in [1.82, 2.24) is 5.32 Å². The van der Waals surface area contributed by atoms with Gasteiger partial charge in [-0.1, -0.05) is 32.1 Å². The molecule has 1 aliphatic rings. The van der Waals surface area contributed by atoms with Crippen LogP contribution in [0.1, 0.15) is 55.3 Å². The minimum atomic E-state index is -0.0684. The number of carbonyl (C=O) groups excluding carboxylic acids is 1. The highest BCUT2D eigenvalue weighted by Gasteiger charge is 2.15. The monoisotopic (exact) mass is 248 g/mol. The normalized spacial score (nSPS) is 17.8. The van der Waals surface area contributed by atoms with Crippen molar-refractivity contribution >= 4 is 5.91 Å². The average molecular weight is 248 g/mol. The number of nitrogens with zero attached hydrogens (tertiary/aromatic N) is 1. The molecule has 4 heteroatoms. The van der Waals surface area contributed by atoms with E-state index in [4.69, 9.17) is 0 Å². The quantitative estimate of drug-likeness (QED) is 0.644. The minimum Gasteiger partial charge on any atom is -0.619 e. The van der Waals surface area contributed by atoms with Crippen molar-refractivity contribution in [2.24, 2.45) is 0 Å². The van der Waals surface area contributed by atoms with Crippen LogP contribution in [0, 0.1) is 5.21 Å². The lowest BCUT2D eigenvalue weighted by atomic mass is 9.96. The molecule has 0 spiro atoms. The van der Waals surface area contributed by atoms with Gasteiger partial charge in [0, 0.05) is 18.2 Å². The van der Waals surface area contributed by atoms with Crippen molar-refractivity contribution < 1.29 is 9.52 Å². The highest BCUT2D eigenvalue weighted by molar-refractivity contribution is 5.94. The number of hydrogen-bond donors (Lipinski definition) is 1. The summed E-state index contributed by atoms with van der Waals surface area (Å²) in [5.41, 5.74) is 0.559. The lowest BCUT2D eigenvalue weighted by Crippen LogP contribution is -2.36. The summed E-state index contributed by atoms with van der Waals surface area (Å²) in [5, 5.41) is 14.0. The molecule has 0 bridgehead atoms. The molecule has 4 nitrogen and oxygen atoms in total. The average Bonchev–Trinajstić information content (AvgIpc) is 2.33. The number of carbonyl (C=O) groups is 1. The molecule has 1 amide bonds. The summed E-state index contributed by atoms with van der Waals surface area (Å²) in [6.45, 7) is 0. The molecule has 0 aromatic carbocycles. The Bertz CT molecular complexity index is 381. The molecule has 1 saturated carbocycles. The fourth-order valence-electron chi connectivity index (χ4n) is 2.43. The van der Waals surface area contributed by atoms with E-state index in [-0.39, 0.29) is 11.9 Å². The van der Waals surface area contributed by atoms with Crippen LogP contribution in [0.2, 0.25) is 0 Å². The molecule has 0 atom stereocenters. The van der Waals surface area contributed by atoms with Gasteiger partial charge >= 0.3 is 0 Å². The number of pyridine rings is 1. The van der Waals surface area contributed by atoms with Gasteiger partial charge in [0.2, 0.25) is 0 Å². The van der Waals surface area contributed by atoms with Gasteiger partial charge in [-0.2, -0.15) is 4.73 Å². The number of aromatic nitrogens is 1. The van der Waals surface area contributed by atoms with Crippen molar-refractivity contribution in [1.29, 1.82) is 0 Å². The summed E-state index contributed by atoms with van der Waals surface area (Å²) in [6, 6.07) is 3.41. The van der Waals surface area contributed by atoms with E-state index in [0.717, 1.165) is 12.8 Å². The van der Waals surface area contributed by atoms with Crippen LogP contribution in [0.3, 0.4) is 0 Å². The Kier molecular flexibility index (Phi) is 4.56. The number of hydrogen-bond acceptors (Lipinski definition) is 2. The van der Waals surface area contributed by atoms with Crippen LogP contribution >= 0.6 is 0 Å². The highest BCUT2D eigenvalue weighted by atomic mass is 16.5. The topological polar surface area (TPSA) is 56.0 Å². The molecule has 1 aliphatic carbocycles. The second kappa shape index (κ2) is 6.38. The van der Waals surface area contributed by atoms with Crippen molar-refractivity contribution in [2.75, 3.05) is 0 Å². The van der Waals surface area contributed by atoms with Crippen LogP contribution in [0.25, 0.3) is 0 Å². The molecule has 98 valence electrons. The summed E-state index contributed by atoms with van der Waals surface area (Å²) in [4.78, 5) is 12.0. The van der Waals surface area contributed by atoms with E-state index in [0.29, 0.717) is 10.3 Å². The summed E-state index contributed by atoms with van der Waals surface area (Å²) < 4.78 is 0.687. The fraction of sp³-hybridized carbons (Fsp3) is 0.571. The smallest absolute Gasteiger partial charge is 0.251 e. The largest absolute Gasteiger partial charge is 0.619 e. The van der Waals surface area contributed by atoms with Gasteiger partial charge in [0.25, 0.3) is 5.91 Å². The van der Waals surface area contributed by atoms with E-state index >= 15 is 0 Å². The Hall–Kier alpha value is -1.58. The van der Waals surface area contributed by atoms with Crippen molar-refractivity contribution in [2.45, 2.75) is 51.0 Å². The second-order valence-electron chi connectivity index (χ2n) is 4.96. The third kappa shape index (κ3) is 3.72. The summed E-state index contributed by atoms with van der Waals surface area (Å²) in [6.07, 6.45) is 11.1. The molecule has 0 unspecified atom stereocenters. The van der Waals surface area contributed by atoms with Crippen LogP contribution in [-0.2, 0) is 0 Å². The molecular weight excluding hydrogens is 228 g/mol. The van der Waals surface area contributed by atoms with Gasteiger partial charge < -0.3 is 10.5 Å². The fourth-order valence-corrected chi connectivity index (χ4v) is 2.43. The Morgan fingerprint density at radius 1 is 1.11 bits per heavy atom. The Morgan fingerprint density at radius 2 is 1.67 bits per heavy atom. The minimum absolute atomic E-state index is 0.0684. The van der Waals surface area contributed by atoms with Crippen LogP contribution in [0.5, 0.6) is 0 Å². The maximum atomic E-state index is 12.0. The number of nitrogens with one attached hydrogen (secondary N) is 1. The first kappa shape index (κ1) is 12.9. The number of rotatable bonds is 2. The molecule has 0 saturated heterocycles. The summed E-state index contributed by atoms with van der Waals surface area (Å²) in [5.74, 6) is -0.0684. The predicted octanol–water partition coefficient (Wildman–Crippen LogP) is 2.16. The van der Waals surface area contributed by atoms with E-state index in [2.05, 4.69) is 5.32 Å². The van der Waals surface area contributed by atoms with E-state index < -0.39 is 0 Å². The van der Waals surface area contributed by atoms with E-state index in [1.165, 1.54) is 44.5 Å². The van der Waals surface area contributed by atoms with E-state index in [1.807, 2.05) is 0 Å². The molecule has 1 fully saturated rings. The predicted molar refractivity (Wildman–Crippen MR) is 69.0 cm³/mol. The maximum Gasteiger partial charge on any atom is 0.251 e. The first-order valence-electron chi connectivity index (χ1n) is 6.75. The SMILES string of the molecule is O=C(NC1CCCCCCC1)c1cc[n+]([O-])cc1. The van der Waals surface area contributed by atoms with Gasteiger partial charge in [-0.15, -0.1) is 0 Å². The van der Waals surface area contributed by atoms with E-state index in [1.54, 1.807) is 12.1 Å². The molecule has 1 aromatic heterocycles. The second-order valence-corrected chi connectivity index (χ2v) is 4.96. The maximum absolute atomic E-state index is 12.0. The van der Waals surface area contributed by atoms with Gasteiger partial charge in [0.1, 0.15) is 0 Å². The Balaban J connectivity index is 1.91. The zero-order chi connectivity index (χ0) is 12.8. The van der Waals surface area contributed by atoms with E-state index in [9.17, 15) is 10.0 Å². The molecule has 1 aromatic rings. The lowest BCUT2D eigenvalue weighted by molar-refractivity contribution is -0.605. The lowest BCUT2D eigenvalue weighted by Gasteiger charge is -2.20. The van der Waals surface area contributed by atoms with Gasteiger partial charge in [-0.25, -0.2) is 0 Å². The zero-order valence-corrected chi connectivity index (χ0v) is 10.6. The highest BCUT2D eigenvalue weighted by Crippen LogP contribution is 2.17. The Morgan fingerprint density at radius 3 is 2.28 bits per heavy atom. The molecule has 18 heavy (non-hydrogen) atoms. The number of amides is 1. The Labute approximate surface area is 108 Å². The third-order valence-electron chi connectivity index (χ3n) is 3.50. The molecule has 2 rings (SSSR count). The standard InChI is InChI=1S/C14H20N2O2/c17-14(12-8-10-16(18)11-9-12)15-13-6-4-2-1-3-5-7-13/h8-11,13H,1-7H2,(H,15,17). The van der Waals surface area contributed by atoms with Crippen LogP contribution in [-0.4, -0.2) is 11.9 Å². The first-order chi connectivity index (χ1) is 8.75. The van der Waals surface area contributed by atoms with Crippen molar-refractivity contribution in [3.05, 3.63) is 35.3 Å². The summed E-state index contributed by atoms with van der Waals surface area (Å²) in [7, 11) is 0. The van der Waals surface area contributed by atoms with Gasteiger partial charge in [-0.3, -0.25) is 4.79 Å². The zero-order valence-electron chi connectivity index (χ0n) is 10.6. The van der Waals surface area contributed by atoms with Gasteiger partial charge in [-0.05, 0) is 12.8 Å². The molecule has 1 N–H and O–H groups in total. The van der Waals surface area contributed by atoms with Crippen LogP contribution in [0.15, 0.2) is 24.5 Å². The summed E-state index contributed by atoms with van der Waals surface area (Å²) >= 11 is 0. The molecule has 0 radical (unpaired) electrons.